The van der Waals surface area contributed by atoms with Gasteiger partial charge >= 0.3 is 0 Å². The van der Waals surface area contributed by atoms with Gasteiger partial charge in [-0.1, -0.05) is 66.7 Å². The van der Waals surface area contributed by atoms with E-state index in [1.165, 1.54) is 10.6 Å². The van der Waals surface area contributed by atoms with Crippen molar-refractivity contribution in [1.29, 1.82) is 0 Å². The van der Waals surface area contributed by atoms with Crippen LogP contribution in [-0.4, -0.2) is 27.0 Å². The van der Waals surface area contributed by atoms with Gasteiger partial charge in [-0.3, -0.25) is 0 Å². The molecule has 32 heavy (non-hydrogen) atoms. The molecule has 3 nitrogen and oxygen atoms in total. The number of hydrogen-bond acceptors (Lipinski definition) is 3. The lowest BCUT2D eigenvalue weighted by atomic mass is 10.0. The average Bonchev–Trinajstić information content (AvgIpc) is 2.87. The van der Waals surface area contributed by atoms with Gasteiger partial charge in [0.05, 0.1) is 21.3 Å². The van der Waals surface area contributed by atoms with Crippen LogP contribution in [0.4, 0.5) is 0 Å². The Labute approximate surface area is 191 Å². The Bertz CT molecular complexity index is 1080. The van der Waals surface area contributed by atoms with Gasteiger partial charge < -0.3 is 9.47 Å². The monoisotopic (exact) mass is 443 g/mol. The van der Waals surface area contributed by atoms with Crippen molar-refractivity contribution < 1.29 is 14.0 Å². The summed E-state index contributed by atoms with van der Waals surface area (Å²) in [6.07, 6.45) is 6.39. The summed E-state index contributed by atoms with van der Waals surface area (Å²) in [6.45, 7) is 0. The van der Waals surface area contributed by atoms with Crippen LogP contribution in [0.1, 0.15) is 5.56 Å². The van der Waals surface area contributed by atoms with E-state index in [1.807, 2.05) is 43.5 Å². The summed E-state index contributed by atoms with van der Waals surface area (Å²) in [4.78, 5) is 0. The third kappa shape index (κ3) is 4.02. The van der Waals surface area contributed by atoms with E-state index in [4.69, 9.17) is 14.0 Å². The molecule has 3 aromatic rings. The smallest absolute Gasteiger partial charge is 0.221 e. The number of allylic oxidation sites excluding steroid dienone is 3. The second kappa shape index (κ2) is 9.99. The number of ether oxygens (including phenoxy) is 2. The summed E-state index contributed by atoms with van der Waals surface area (Å²) in [5.41, 5.74) is 2.09. The topological polar surface area (TPSA) is 27.7 Å². The highest BCUT2D eigenvalue weighted by molar-refractivity contribution is 7.86. The zero-order valence-corrected chi connectivity index (χ0v) is 19.5. The Morgan fingerprint density at radius 3 is 1.69 bits per heavy atom. The number of benzene rings is 3. The predicted molar refractivity (Wildman–Crippen MR) is 134 cm³/mol. The first-order valence-corrected chi connectivity index (χ1v) is 12.4. The van der Waals surface area contributed by atoms with Crippen LogP contribution in [0, 0.1) is 0 Å². The van der Waals surface area contributed by atoms with Crippen molar-refractivity contribution in [2.45, 2.75) is 5.66 Å². The van der Waals surface area contributed by atoms with Gasteiger partial charge in [-0.15, -0.1) is 0 Å². The van der Waals surface area contributed by atoms with Gasteiger partial charge in [0.15, 0.2) is 17.2 Å². The van der Waals surface area contributed by atoms with Crippen LogP contribution < -0.4 is 10.6 Å². The predicted octanol–water partition coefficient (Wildman–Crippen LogP) is 5.74. The standard InChI is InChI=1S/C28H28O3P/c1-29-26-19-20-27(25(28(26)30-2)21-22-13-7-4-8-14-22)32(31-3,23-15-9-5-10-16-23)24-17-11-6-12-18-24/h4-21,27H,1-3H3/q+1. The fraction of sp³-hybridized carbons (Fsp3) is 0.143. The molecule has 0 aliphatic heterocycles. The highest BCUT2D eigenvalue weighted by Gasteiger charge is 2.54. The first-order chi connectivity index (χ1) is 15.7. The molecule has 162 valence electrons. The zero-order chi connectivity index (χ0) is 22.4. The minimum Gasteiger partial charge on any atom is -0.493 e. The Morgan fingerprint density at radius 2 is 1.22 bits per heavy atom. The van der Waals surface area contributed by atoms with Gasteiger partial charge in [0, 0.05) is 5.57 Å². The van der Waals surface area contributed by atoms with Crippen molar-refractivity contribution in [3.63, 3.8) is 0 Å². The van der Waals surface area contributed by atoms with E-state index in [-0.39, 0.29) is 5.66 Å². The molecule has 0 saturated carbocycles. The molecule has 0 spiro atoms. The van der Waals surface area contributed by atoms with Crippen LogP contribution in [0.3, 0.4) is 0 Å². The third-order valence-electron chi connectivity index (χ3n) is 5.74. The van der Waals surface area contributed by atoms with Crippen molar-refractivity contribution in [3.05, 3.63) is 126 Å². The maximum absolute atomic E-state index is 6.58. The molecular weight excluding hydrogens is 415 g/mol. The summed E-state index contributed by atoms with van der Waals surface area (Å²) in [7, 11) is 2.83. The maximum Gasteiger partial charge on any atom is 0.221 e. The fourth-order valence-corrected chi connectivity index (χ4v) is 8.04. The molecule has 1 aliphatic rings. The Balaban J connectivity index is 2.00. The van der Waals surface area contributed by atoms with Crippen molar-refractivity contribution in [2.75, 3.05) is 21.3 Å². The van der Waals surface area contributed by atoms with Crippen LogP contribution >= 0.6 is 7.49 Å². The Hall–Kier alpha value is -3.13. The number of rotatable bonds is 7. The lowest BCUT2D eigenvalue weighted by Crippen LogP contribution is -2.34. The van der Waals surface area contributed by atoms with Gasteiger partial charge in [-0.25, -0.2) is 4.52 Å². The van der Waals surface area contributed by atoms with Crippen LogP contribution in [0.5, 0.6) is 0 Å². The van der Waals surface area contributed by atoms with E-state index in [0.717, 1.165) is 16.9 Å². The van der Waals surface area contributed by atoms with Gasteiger partial charge in [-0.2, -0.15) is 0 Å². The van der Waals surface area contributed by atoms with E-state index in [0.29, 0.717) is 5.76 Å². The van der Waals surface area contributed by atoms with E-state index in [1.54, 1.807) is 14.2 Å². The highest BCUT2D eigenvalue weighted by atomic mass is 31.2. The van der Waals surface area contributed by atoms with Gasteiger partial charge in [0.1, 0.15) is 10.6 Å². The van der Waals surface area contributed by atoms with Gasteiger partial charge in [-0.05, 0) is 48.1 Å². The average molecular weight is 444 g/mol. The second-order valence-electron chi connectivity index (χ2n) is 7.43. The first kappa shape index (κ1) is 22.1. The molecular formula is C28H28O3P+. The van der Waals surface area contributed by atoms with Gasteiger partial charge in [0.2, 0.25) is 7.49 Å². The third-order valence-corrected chi connectivity index (χ3v) is 9.68. The lowest BCUT2D eigenvalue weighted by Gasteiger charge is -2.34. The van der Waals surface area contributed by atoms with Crippen LogP contribution in [0.15, 0.2) is 120 Å². The highest BCUT2D eigenvalue weighted by Crippen LogP contribution is 2.65. The molecule has 4 heteroatoms. The Kier molecular flexibility index (Phi) is 6.90. The minimum atomic E-state index is -2.36. The van der Waals surface area contributed by atoms with Crippen molar-refractivity contribution in [1.82, 2.24) is 0 Å². The summed E-state index contributed by atoms with van der Waals surface area (Å²) < 4.78 is 18.2. The largest absolute Gasteiger partial charge is 0.493 e. The van der Waals surface area contributed by atoms with Crippen molar-refractivity contribution >= 4 is 24.2 Å². The molecule has 0 fully saturated rings. The molecule has 0 N–H and O–H groups in total. The SMILES string of the molecule is COC1=C(OC)C(=Cc2ccccc2)C([P+](OC)(c2ccccc2)c2ccccc2)C=C1. The Morgan fingerprint density at radius 1 is 0.688 bits per heavy atom. The maximum atomic E-state index is 6.58. The zero-order valence-electron chi connectivity index (χ0n) is 18.6. The van der Waals surface area contributed by atoms with Crippen molar-refractivity contribution in [2.24, 2.45) is 0 Å². The lowest BCUT2D eigenvalue weighted by molar-refractivity contribution is 0.235. The molecule has 3 aromatic carbocycles. The van der Waals surface area contributed by atoms with E-state index < -0.39 is 7.49 Å². The van der Waals surface area contributed by atoms with Crippen LogP contribution in [-0.2, 0) is 14.0 Å². The molecule has 0 saturated heterocycles. The molecule has 0 aromatic heterocycles. The minimum absolute atomic E-state index is 0.0497. The molecule has 1 unspecified atom stereocenters. The molecule has 0 bridgehead atoms. The molecule has 0 heterocycles. The van der Waals surface area contributed by atoms with E-state index in [9.17, 15) is 0 Å². The second-order valence-corrected chi connectivity index (χ2v) is 10.7. The van der Waals surface area contributed by atoms with Crippen LogP contribution in [0.25, 0.3) is 6.08 Å². The first-order valence-electron chi connectivity index (χ1n) is 10.6. The molecule has 1 atom stereocenters. The van der Waals surface area contributed by atoms with E-state index in [2.05, 4.69) is 72.8 Å². The molecule has 4 rings (SSSR count). The summed E-state index contributed by atoms with van der Waals surface area (Å²) in [5, 5.41) is 2.36. The van der Waals surface area contributed by atoms with Crippen molar-refractivity contribution in [3.8, 4) is 0 Å². The number of hydrogen-bond donors (Lipinski definition) is 0. The molecule has 1 aliphatic carbocycles. The molecule has 0 radical (unpaired) electrons. The molecule has 0 amide bonds. The summed E-state index contributed by atoms with van der Waals surface area (Å²) in [6, 6.07) is 31.4. The van der Waals surface area contributed by atoms with Crippen LogP contribution in [0.2, 0.25) is 0 Å². The van der Waals surface area contributed by atoms with E-state index >= 15 is 0 Å². The fourth-order valence-electron chi connectivity index (χ4n) is 4.30. The quantitative estimate of drug-likeness (QED) is 0.436. The van der Waals surface area contributed by atoms with Gasteiger partial charge in [0.25, 0.3) is 0 Å². The normalized spacial score (nSPS) is 17.5. The summed E-state index contributed by atoms with van der Waals surface area (Å²) >= 11 is 0. The summed E-state index contributed by atoms with van der Waals surface area (Å²) in [5.74, 6) is 1.44. The number of methoxy groups -OCH3 is 2.